The van der Waals surface area contributed by atoms with E-state index in [1.807, 2.05) is 48.7 Å². The van der Waals surface area contributed by atoms with Gasteiger partial charge < -0.3 is 14.2 Å². The van der Waals surface area contributed by atoms with Crippen LogP contribution in [-0.4, -0.2) is 43.6 Å². The van der Waals surface area contributed by atoms with Gasteiger partial charge in [0.1, 0.15) is 18.1 Å². The molecule has 0 aliphatic carbocycles. The van der Waals surface area contributed by atoms with Crippen LogP contribution in [0.3, 0.4) is 0 Å². The number of piperidine rings is 1. The van der Waals surface area contributed by atoms with Crippen molar-refractivity contribution in [3.05, 3.63) is 62.6 Å². The molecule has 3 heterocycles. The lowest BCUT2D eigenvalue weighted by Crippen LogP contribution is -2.38. The van der Waals surface area contributed by atoms with Crippen LogP contribution >= 0.6 is 0 Å². The van der Waals surface area contributed by atoms with Crippen molar-refractivity contribution in [2.45, 2.75) is 52.2 Å². The summed E-state index contributed by atoms with van der Waals surface area (Å²) in [5, 5.41) is 0. The zero-order chi connectivity index (χ0) is 22.7. The first-order valence-electron chi connectivity index (χ1n) is 11.1. The van der Waals surface area contributed by atoms with Crippen LogP contribution in [0.15, 0.2) is 39.9 Å². The van der Waals surface area contributed by atoms with Gasteiger partial charge in [0, 0.05) is 25.6 Å². The summed E-state index contributed by atoms with van der Waals surface area (Å²) in [4.78, 5) is 47.5. The molecule has 2 aromatic heterocycles. The number of nitrogens with zero attached hydrogens (tertiary/aromatic N) is 3. The number of aromatic nitrogens is 4. The van der Waals surface area contributed by atoms with Gasteiger partial charge in [-0.3, -0.25) is 14.8 Å². The highest BCUT2D eigenvalue weighted by atomic mass is 16.6. The third kappa shape index (κ3) is 4.76. The van der Waals surface area contributed by atoms with E-state index in [0.29, 0.717) is 31.1 Å². The summed E-state index contributed by atoms with van der Waals surface area (Å²) in [6.07, 6.45) is 3.15. The Bertz CT molecular complexity index is 1190. The molecule has 1 aliphatic rings. The van der Waals surface area contributed by atoms with Gasteiger partial charge in [0.25, 0.3) is 5.56 Å². The monoisotopic (exact) mass is 439 g/mol. The van der Waals surface area contributed by atoms with Crippen molar-refractivity contribution in [2.24, 2.45) is 5.92 Å². The molecule has 1 aliphatic heterocycles. The molecule has 170 valence electrons. The molecule has 9 nitrogen and oxygen atoms in total. The molecule has 0 spiro atoms. The average Bonchev–Trinajstić information content (AvgIpc) is 3.16. The van der Waals surface area contributed by atoms with E-state index in [2.05, 4.69) is 15.0 Å². The molecule has 0 radical (unpaired) electrons. The number of carbonyl (C=O) groups excluding carboxylic acids is 1. The van der Waals surface area contributed by atoms with E-state index in [4.69, 9.17) is 4.74 Å². The van der Waals surface area contributed by atoms with Crippen LogP contribution in [0.1, 0.15) is 50.5 Å². The average molecular weight is 440 g/mol. The highest BCUT2D eigenvalue weighted by Crippen LogP contribution is 2.25. The molecule has 0 bridgehead atoms. The van der Waals surface area contributed by atoms with Gasteiger partial charge in [-0.25, -0.2) is 14.6 Å². The second-order valence-electron chi connectivity index (χ2n) is 8.61. The number of rotatable bonds is 6. The van der Waals surface area contributed by atoms with Gasteiger partial charge in [-0.1, -0.05) is 30.3 Å². The van der Waals surface area contributed by atoms with Gasteiger partial charge in [0.2, 0.25) is 0 Å². The van der Waals surface area contributed by atoms with Crippen LogP contribution in [0.25, 0.3) is 11.2 Å². The van der Waals surface area contributed by atoms with E-state index in [-0.39, 0.29) is 24.3 Å². The number of fused-ring (bicyclic) bond motifs is 1. The second kappa shape index (κ2) is 9.42. The van der Waals surface area contributed by atoms with Crippen LogP contribution < -0.4 is 11.2 Å². The molecule has 3 aromatic rings. The Morgan fingerprint density at radius 3 is 2.56 bits per heavy atom. The fourth-order valence-electron chi connectivity index (χ4n) is 4.34. The summed E-state index contributed by atoms with van der Waals surface area (Å²) in [5.41, 5.74) is 0.724. The molecule has 0 saturated carbocycles. The largest absolute Gasteiger partial charge is 0.445 e. The van der Waals surface area contributed by atoms with Crippen molar-refractivity contribution in [2.75, 3.05) is 13.1 Å². The molecule has 2 N–H and O–H groups in total. The Morgan fingerprint density at radius 1 is 1.16 bits per heavy atom. The maximum atomic E-state index is 12.4. The molecule has 1 saturated heterocycles. The van der Waals surface area contributed by atoms with Gasteiger partial charge in [-0.05, 0) is 44.6 Å². The molecular weight excluding hydrogens is 410 g/mol. The van der Waals surface area contributed by atoms with Crippen molar-refractivity contribution in [3.63, 3.8) is 0 Å². The Morgan fingerprint density at radius 2 is 1.88 bits per heavy atom. The summed E-state index contributed by atoms with van der Waals surface area (Å²) < 4.78 is 7.37. The Labute approximate surface area is 185 Å². The third-order valence-electron chi connectivity index (χ3n) is 6.03. The van der Waals surface area contributed by atoms with Gasteiger partial charge in [-0.2, -0.15) is 0 Å². The molecule has 1 fully saturated rings. The fourth-order valence-corrected chi connectivity index (χ4v) is 4.34. The van der Waals surface area contributed by atoms with Crippen LogP contribution in [0, 0.1) is 5.92 Å². The Hall–Kier alpha value is -3.36. The molecule has 1 amide bonds. The summed E-state index contributed by atoms with van der Waals surface area (Å²) in [7, 11) is 0. The van der Waals surface area contributed by atoms with Gasteiger partial charge in [0.05, 0.1) is 0 Å². The van der Waals surface area contributed by atoms with Gasteiger partial charge in [0.15, 0.2) is 5.52 Å². The van der Waals surface area contributed by atoms with E-state index in [0.717, 1.165) is 30.7 Å². The number of ether oxygens (including phenoxy) is 1. The molecule has 0 unspecified atom stereocenters. The minimum Gasteiger partial charge on any atom is -0.445 e. The lowest BCUT2D eigenvalue weighted by molar-refractivity contribution is 0.0815. The minimum atomic E-state index is -0.526. The van der Waals surface area contributed by atoms with Crippen molar-refractivity contribution >= 4 is 17.3 Å². The quantitative estimate of drug-likeness (QED) is 0.613. The number of hydrogen-bond donors (Lipinski definition) is 2. The topological polar surface area (TPSA) is 113 Å². The lowest BCUT2D eigenvalue weighted by atomic mass is 9.92. The first-order chi connectivity index (χ1) is 15.4. The highest BCUT2D eigenvalue weighted by molar-refractivity contribution is 5.70. The molecule has 9 heteroatoms. The van der Waals surface area contributed by atoms with E-state index in [1.165, 1.54) is 0 Å². The van der Waals surface area contributed by atoms with E-state index < -0.39 is 11.2 Å². The standard InChI is InChI=1S/C23H29N5O4/c1-15(2)28-18(24-19-20(28)25-22(30)26-21(19)29)9-8-16-10-12-27(13-11-16)23(31)32-14-17-6-4-3-5-7-17/h3-7,15-16H,8-14H2,1-2H3,(H2,25,26,29,30). The Balaban J connectivity index is 1.33. The minimum absolute atomic E-state index is 0.0636. The maximum absolute atomic E-state index is 12.4. The molecule has 32 heavy (non-hydrogen) atoms. The first kappa shape index (κ1) is 21.9. The molecule has 4 rings (SSSR count). The van der Waals surface area contributed by atoms with Gasteiger partial charge >= 0.3 is 11.8 Å². The van der Waals surface area contributed by atoms with Crippen LogP contribution in [0.2, 0.25) is 0 Å². The van der Waals surface area contributed by atoms with E-state index >= 15 is 0 Å². The van der Waals surface area contributed by atoms with Crippen LogP contribution in [0.5, 0.6) is 0 Å². The van der Waals surface area contributed by atoms with Gasteiger partial charge in [-0.15, -0.1) is 0 Å². The zero-order valence-corrected chi connectivity index (χ0v) is 18.5. The zero-order valence-electron chi connectivity index (χ0n) is 18.5. The number of aryl methyl sites for hydroxylation is 1. The second-order valence-corrected chi connectivity index (χ2v) is 8.61. The molecule has 0 atom stereocenters. The summed E-state index contributed by atoms with van der Waals surface area (Å²) >= 11 is 0. The summed E-state index contributed by atoms with van der Waals surface area (Å²) in [6.45, 7) is 5.64. The van der Waals surface area contributed by atoms with Crippen LogP contribution in [-0.2, 0) is 17.8 Å². The molecular formula is C23H29N5O4. The number of hydrogen-bond acceptors (Lipinski definition) is 5. The molecule has 1 aromatic carbocycles. The van der Waals surface area contributed by atoms with Crippen molar-refractivity contribution in [1.29, 1.82) is 0 Å². The van der Waals surface area contributed by atoms with Crippen molar-refractivity contribution in [1.82, 2.24) is 24.4 Å². The van der Waals surface area contributed by atoms with E-state index in [1.54, 1.807) is 4.90 Å². The number of benzene rings is 1. The number of carbonyl (C=O) groups is 1. The first-order valence-corrected chi connectivity index (χ1v) is 11.1. The predicted molar refractivity (Wildman–Crippen MR) is 121 cm³/mol. The number of aromatic amines is 2. The van der Waals surface area contributed by atoms with Crippen molar-refractivity contribution in [3.8, 4) is 0 Å². The number of likely N-dealkylation sites (tertiary alicyclic amines) is 1. The number of H-pyrrole nitrogens is 2. The normalized spacial score (nSPS) is 14.9. The van der Waals surface area contributed by atoms with Crippen LogP contribution in [0.4, 0.5) is 4.79 Å². The summed E-state index contributed by atoms with van der Waals surface area (Å²) in [5.74, 6) is 1.26. The lowest BCUT2D eigenvalue weighted by Gasteiger charge is -2.31. The smallest absolute Gasteiger partial charge is 0.410 e. The maximum Gasteiger partial charge on any atom is 0.410 e. The predicted octanol–water partition coefficient (Wildman–Crippen LogP) is 2.98. The van der Waals surface area contributed by atoms with Crippen molar-refractivity contribution < 1.29 is 9.53 Å². The Kier molecular flexibility index (Phi) is 6.43. The number of amides is 1. The van der Waals surface area contributed by atoms with E-state index in [9.17, 15) is 14.4 Å². The summed E-state index contributed by atoms with van der Waals surface area (Å²) in [6, 6.07) is 9.73. The third-order valence-corrected chi connectivity index (χ3v) is 6.03. The highest BCUT2D eigenvalue weighted by Gasteiger charge is 2.25. The fraction of sp³-hybridized carbons (Fsp3) is 0.478. The number of imidazole rings is 1. The SMILES string of the molecule is CC(C)n1c(CCC2CCN(C(=O)OCc3ccccc3)CC2)nc2c(=O)[nH]c(=O)[nH]c21. The number of nitrogens with one attached hydrogen (secondary N) is 2.